The molecule has 0 amide bonds. The van der Waals surface area contributed by atoms with Crippen LogP contribution < -0.4 is 5.32 Å². The second-order valence-corrected chi connectivity index (χ2v) is 5.79. The van der Waals surface area contributed by atoms with Crippen LogP contribution in [0.15, 0.2) is 18.5 Å². The molecule has 0 aromatic carbocycles. The van der Waals surface area contributed by atoms with E-state index in [1.54, 1.807) is 0 Å². The van der Waals surface area contributed by atoms with Gasteiger partial charge in [0, 0.05) is 29.9 Å². The minimum absolute atomic E-state index is 0.529. The molecule has 2 aromatic rings. The maximum atomic E-state index is 4.76. The molecule has 2 aromatic heterocycles. The first-order valence-corrected chi connectivity index (χ1v) is 7.92. The third-order valence-electron chi connectivity index (χ3n) is 4.48. The Morgan fingerprint density at radius 3 is 2.75 bits per heavy atom. The van der Waals surface area contributed by atoms with E-state index < -0.39 is 0 Å². The van der Waals surface area contributed by atoms with Gasteiger partial charge in [-0.25, -0.2) is 4.98 Å². The van der Waals surface area contributed by atoms with Crippen molar-refractivity contribution in [3.8, 4) is 0 Å². The fraction of sp³-hybridized carbons (Fsp3) is 0.625. The van der Waals surface area contributed by atoms with Crippen LogP contribution in [0.2, 0.25) is 0 Å². The maximum Gasteiger partial charge on any atom is 0.224 e. The smallest absolute Gasteiger partial charge is 0.224 e. The topological polar surface area (TPSA) is 42.7 Å². The van der Waals surface area contributed by atoms with Gasteiger partial charge >= 0.3 is 0 Å². The van der Waals surface area contributed by atoms with Gasteiger partial charge < -0.3 is 9.88 Å². The summed E-state index contributed by atoms with van der Waals surface area (Å²) in [7, 11) is 0. The Balaban J connectivity index is 1.89. The van der Waals surface area contributed by atoms with Gasteiger partial charge in [-0.3, -0.25) is 0 Å². The van der Waals surface area contributed by atoms with E-state index >= 15 is 0 Å². The average molecular weight is 272 g/mol. The van der Waals surface area contributed by atoms with E-state index in [-0.39, 0.29) is 0 Å². The summed E-state index contributed by atoms with van der Waals surface area (Å²) in [5, 5.41) is 4.62. The lowest BCUT2D eigenvalue weighted by atomic mass is 10.2. The van der Waals surface area contributed by atoms with Crippen molar-refractivity contribution < 1.29 is 0 Å². The van der Waals surface area contributed by atoms with Crippen LogP contribution in [0.3, 0.4) is 0 Å². The van der Waals surface area contributed by atoms with Crippen molar-refractivity contribution in [3.63, 3.8) is 0 Å². The van der Waals surface area contributed by atoms with Crippen molar-refractivity contribution in [2.45, 2.75) is 64.5 Å². The Kier molecular flexibility index (Phi) is 3.90. The molecule has 1 N–H and O–H groups in total. The van der Waals surface area contributed by atoms with E-state index in [1.807, 2.05) is 6.20 Å². The molecule has 3 rings (SSSR count). The zero-order valence-corrected chi connectivity index (χ0v) is 12.5. The van der Waals surface area contributed by atoms with E-state index in [9.17, 15) is 0 Å². The van der Waals surface area contributed by atoms with Crippen LogP contribution in [0.1, 0.15) is 58.4 Å². The lowest BCUT2D eigenvalue weighted by Gasteiger charge is -2.16. The molecule has 0 atom stereocenters. The number of nitrogens with one attached hydrogen (secondary N) is 1. The highest BCUT2D eigenvalue weighted by atomic mass is 15.2. The third kappa shape index (κ3) is 2.51. The first-order valence-electron chi connectivity index (χ1n) is 7.92. The Morgan fingerprint density at radius 1 is 1.30 bits per heavy atom. The molecule has 0 spiro atoms. The highest BCUT2D eigenvalue weighted by Crippen LogP contribution is 2.25. The summed E-state index contributed by atoms with van der Waals surface area (Å²) < 4.78 is 2.30. The van der Waals surface area contributed by atoms with Gasteiger partial charge in [0.05, 0.1) is 0 Å². The SMILES string of the molecule is CCC(CC)n1ccc2cnc(NC3CCCC3)nc21. The highest BCUT2D eigenvalue weighted by molar-refractivity contribution is 5.76. The van der Waals surface area contributed by atoms with Crippen molar-refractivity contribution in [2.24, 2.45) is 0 Å². The second-order valence-electron chi connectivity index (χ2n) is 5.79. The molecular formula is C16H24N4. The highest BCUT2D eigenvalue weighted by Gasteiger charge is 2.17. The quantitative estimate of drug-likeness (QED) is 0.889. The molecule has 108 valence electrons. The van der Waals surface area contributed by atoms with Crippen LogP contribution in [0.4, 0.5) is 5.95 Å². The number of anilines is 1. The van der Waals surface area contributed by atoms with Crippen molar-refractivity contribution in [2.75, 3.05) is 5.32 Å². The van der Waals surface area contributed by atoms with E-state index in [4.69, 9.17) is 4.98 Å². The summed E-state index contributed by atoms with van der Waals surface area (Å²) in [6.45, 7) is 4.47. The van der Waals surface area contributed by atoms with Gasteiger partial charge in [0.1, 0.15) is 5.65 Å². The van der Waals surface area contributed by atoms with Crippen molar-refractivity contribution >= 4 is 17.0 Å². The van der Waals surface area contributed by atoms with E-state index in [2.05, 4.69) is 41.0 Å². The minimum Gasteiger partial charge on any atom is -0.351 e. The molecule has 0 bridgehead atoms. The summed E-state index contributed by atoms with van der Waals surface area (Å²) in [5.74, 6) is 0.787. The lowest BCUT2D eigenvalue weighted by Crippen LogP contribution is -2.17. The van der Waals surface area contributed by atoms with Gasteiger partial charge in [-0.2, -0.15) is 4.98 Å². The van der Waals surface area contributed by atoms with Crippen LogP contribution in [0.25, 0.3) is 11.0 Å². The normalized spacial score (nSPS) is 16.4. The first kappa shape index (κ1) is 13.4. The second kappa shape index (κ2) is 5.81. The zero-order chi connectivity index (χ0) is 13.9. The number of fused-ring (bicyclic) bond motifs is 1. The fourth-order valence-electron chi connectivity index (χ4n) is 3.24. The zero-order valence-electron chi connectivity index (χ0n) is 12.5. The number of aromatic nitrogens is 3. The number of nitrogens with zero attached hydrogens (tertiary/aromatic N) is 3. The fourth-order valence-corrected chi connectivity index (χ4v) is 3.24. The van der Waals surface area contributed by atoms with Crippen LogP contribution in [-0.4, -0.2) is 20.6 Å². The van der Waals surface area contributed by atoms with Gasteiger partial charge in [-0.15, -0.1) is 0 Å². The molecule has 2 heterocycles. The molecule has 1 fully saturated rings. The summed E-state index contributed by atoms with van der Waals surface area (Å²) in [5.41, 5.74) is 1.06. The van der Waals surface area contributed by atoms with Crippen LogP contribution in [0, 0.1) is 0 Å². The van der Waals surface area contributed by atoms with E-state index in [0.717, 1.165) is 29.8 Å². The lowest BCUT2D eigenvalue weighted by molar-refractivity contribution is 0.483. The van der Waals surface area contributed by atoms with Gasteiger partial charge in [-0.1, -0.05) is 26.7 Å². The number of hydrogen-bond donors (Lipinski definition) is 1. The summed E-state index contributed by atoms with van der Waals surface area (Å²) in [6.07, 6.45) is 11.5. The predicted octanol–water partition coefficient (Wildman–Crippen LogP) is 4.15. The number of rotatable bonds is 5. The standard InChI is InChI=1S/C16H24N4/c1-3-14(4-2)20-10-9-12-11-17-16(19-15(12)20)18-13-7-5-6-8-13/h9-11,13-14H,3-8H2,1-2H3,(H,17,18,19). The molecule has 20 heavy (non-hydrogen) atoms. The summed E-state index contributed by atoms with van der Waals surface area (Å²) in [6, 6.07) is 3.21. The number of hydrogen-bond acceptors (Lipinski definition) is 3. The summed E-state index contributed by atoms with van der Waals surface area (Å²) >= 11 is 0. The Hall–Kier alpha value is -1.58. The largest absolute Gasteiger partial charge is 0.351 e. The Bertz CT molecular complexity index is 565. The molecule has 0 radical (unpaired) electrons. The first-order chi connectivity index (χ1) is 9.81. The van der Waals surface area contributed by atoms with Gasteiger partial charge in [0.25, 0.3) is 0 Å². The van der Waals surface area contributed by atoms with Crippen molar-refractivity contribution in [1.82, 2.24) is 14.5 Å². The Labute approximate surface area is 120 Å². The molecule has 1 saturated carbocycles. The molecule has 0 saturated heterocycles. The van der Waals surface area contributed by atoms with Crippen LogP contribution in [-0.2, 0) is 0 Å². The van der Waals surface area contributed by atoms with Crippen molar-refractivity contribution in [1.29, 1.82) is 0 Å². The van der Waals surface area contributed by atoms with Crippen LogP contribution >= 0.6 is 0 Å². The molecule has 0 aliphatic heterocycles. The molecule has 4 heteroatoms. The molecular weight excluding hydrogens is 248 g/mol. The van der Waals surface area contributed by atoms with Crippen molar-refractivity contribution in [3.05, 3.63) is 18.5 Å². The maximum absolute atomic E-state index is 4.76. The third-order valence-corrected chi connectivity index (χ3v) is 4.48. The average Bonchev–Trinajstić information content (AvgIpc) is 3.11. The predicted molar refractivity (Wildman–Crippen MR) is 83.0 cm³/mol. The van der Waals surface area contributed by atoms with E-state index in [0.29, 0.717) is 12.1 Å². The molecule has 1 aliphatic rings. The molecule has 1 aliphatic carbocycles. The monoisotopic (exact) mass is 272 g/mol. The molecule has 0 unspecified atom stereocenters. The minimum atomic E-state index is 0.529. The van der Waals surface area contributed by atoms with Crippen LogP contribution in [0.5, 0.6) is 0 Å². The van der Waals surface area contributed by atoms with E-state index in [1.165, 1.54) is 25.7 Å². The van der Waals surface area contributed by atoms with Gasteiger partial charge in [0.2, 0.25) is 5.95 Å². The summed E-state index contributed by atoms with van der Waals surface area (Å²) in [4.78, 5) is 9.22. The van der Waals surface area contributed by atoms with Gasteiger partial charge in [-0.05, 0) is 31.7 Å². The Morgan fingerprint density at radius 2 is 2.05 bits per heavy atom. The van der Waals surface area contributed by atoms with Gasteiger partial charge in [0.15, 0.2) is 0 Å². The molecule has 4 nitrogen and oxygen atoms in total.